The molecule has 5 heteroatoms. The van der Waals surface area contributed by atoms with Crippen LogP contribution in [0.3, 0.4) is 0 Å². The first-order valence-electron chi connectivity index (χ1n) is 7.15. The molecule has 1 aromatic carbocycles. The van der Waals surface area contributed by atoms with E-state index in [0.29, 0.717) is 13.0 Å². The summed E-state index contributed by atoms with van der Waals surface area (Å²) in [6.07, 6.45) is 0.189. The number of carbonyl (C=O) groups is 1. The molecule has 0 radical (unpaired) electrons. The van der Waals surface area contributed by atoms with Gasteiger partial charge >= 0.3 is 0 Å². The monoisotopic (exact) mass is 297 g/mol. The van der Waals surface area contributed by atoms with Crippen LogP contribution in [0.2, 0.25) is 0 Å². The third-order valence-electron chi connectivity index (χ3n) is 3.25. The number of amides is 1. The van der Waals surface area contributed by atoms with Crippen molar-refractivity contribution in [1.29, 1.82) is 0 Å². The quantitative estimate of drug-likeness (QED) is 0.840. The molecule has 0 aliphatic heterocycles. The lowest BCUT2D eigenvalue weighted by Crippen LogP contribution is -2.41. The first-order chi connectivity index (χ1) is 9.85. The van der Waals surface area contributed by atoms with Crippen molar-refractivity contribution in [2.24, 2.45) is 0 Å². The smallest absolute Gasteiger partial charge is 0.223 e. The summed E-state index contributed by atoms with van der Waals surface area (Å²) < 4.78 is 18.4. The SMILES string of the molecule is COc1ccc(CCC(=O)N(CC(C)O)C(C)C)cc1F. The maximum atomic E-state index is 13.6. The van der Waals surface area contributed by atoms with E-state index in [4.69, 9.17) is 4.74 Å². The molecule has 0 aliphatic carbocycles. The molecular weight excluding hydrogens is 273 g/mol. The molecule has 1 rings (SSSR count). The van der Waals surface area contributed by atoms with E-state index in [2.05, 4.69) is 0 Å². The number of aryl methyl sites for hydroxylation is 1. The van der Waals surface area contributed by atoms with Crippen molar-refractivity contribution in [2.75, 3.05) is 13.7 Å². The van der Waals surface area contributed by atoms with E-state index < -0.39 is 11.9 Å². The third kappa shape index (κ3) is 5.34. The number of halogens is 1. The maximum absolute atomic E-state index is 13.6. The van der Waals surface area contributed by atoms with Crippen LogP contribution in [0, 0.1) is 5.82 Å². The molecule has 118 valence electrons. The van der Waals surface area contributed by atoms with Gasteiger partial charge in [0.15, 0.2) is 11.6 Å². The summed E-state index contributed by atoms with van der Waals surface area (Å²) in [6.45, 7) is 5.79. The molecular formula is C16H24FNO3. The number of hydrogen-bond donors (Lipinski definition) is 1. The van der Waals surface area contributed by atoms with Crippen LogP contribution in [0.5, 0.6) is 5.75 Å². The Labute approximate surface area is 125 Å². The van der Waals surface area contributed by atoms with Crippen molar-refractivity contribution in [1.82, 2.24) is 4.90 Å². The summed E-state index contributed by atoms with van der Waals surface area (Å²) in [5.41, 5.74) is 0.752. The van der Waals surface area contributed by atoms with E-state index in [1.165, 1.54) is 13.2 Å². The van der Waals surface area contributed by atoms with E-state index >= 15 is 0 Å². The second-order valence-corrected chi connectivity index (χ2v) is 5.46. The Morgan fingerprint density at radius 2 is 2.05 bits per heavy atom. The van der Waals surface area contributed by atoms with Gasteiger partial charge in [0, 0.05) is 19.0 Å². The van der Waals surface area contributed by atoms with Gasteiger partial charge in [-0.05, 0) is 44.9 Å². The van der Waals surface area contributed by atoms with Gasteiger partial charge in [-0.15, -0.1) is 0 Å². The number of nitrogens with zero attached hydrogens (tertiary/aromatic N) is 1. The normalized spacial score (nSPS) is 12.3. The van der Waals surface area contributed by atoms with Gasteiger partial charge in [-0.2, -0.15) is 0 Å². The van der Waals surface area contributed by atoms with Gasteiger partial charge in [0.2, 0.25) is 5.91 Å². The average molecular weight is 297 g/mol. The number of carbonyl (C=O) groups excluding carboxylic acids is 1. The highest BCUT2D eigenvalue weighted by Crippen LogP contribution is 2.19. The molecule has 0 spiro atoms. The topological polar surface area (TPSA) is 49.8 Å². The Kier molecular flexibility index (Phi) is 6.62. The molecule has 21 heavy (non-hydrogen) atoms. The molecule has 0 aromatic heterocycles. The van der Waals surface area contributed by atoms with E-state index in [0.717, 1.165) is 5.56 Å². The average Bonchev–Trinajstić information content (AvgIpc) is 2.41. The summed E-state index contributed by atoms with van der Waals surface area (Å²) in [5.74, 6) is -0.266. The Bertz CT molecular complexity index is 475. The molecule has 1 aromatic rings. The molecule has 0 heterocycles. The van der Waals surface area contributed by atoms with Crippen molar-refractivity contribution in [3.63, 3.8) is 0 Å². The molecule has 0 bridgehead atoms. The summed E-state index contributed by atoms with van der Waals surface area (Å²) in [6, 6.07) is 4.73. The minimum atomic E-state index is -0.560. The van der Waals surface area contributed by atoms with Crippen LogP contribution in [0.1, 0.15) is 32.8 Å². The minimum absolute atomic E-state index is 0.0275. The number of aliphatic hydroxyl groups is 1. The standard InChI is InChI=1S/C16H24FNO3/c1-11(2)18(10-12(3)19)16(20)8-6-13-5-7-15(21-4)14(17)9-13/h5,7,9,11-12,19H,6,8,10H2,1-4H3. The van der Waals surface area contributed by atoms with Crippen LogP contribution in [0.15, 0.2) is 18.2 Å². The number of rotatable bonds is 7. The summed E-state index contributed by atoms with van der Waals surface area (Å²) in [5, 5.41) is 9.44. The molecule has 1 unspecified atom stereocenters. The second kappa shape index (κ2) is 7.98. The first-order valence-corrected chi connectivity index (χ1v) is 7.15. The maximum Gasteiger partial charge on any atom is 0.223 e. The largest absolute Gasteiger partial charge is 0.494 e. The Balaban J connectivity index is 2.64. The molecule has 4 nitrogen and oxygen atoms in total. The molecule has 0 saturated carbocycles. The molecule has 0 fully saturated rings. The second-order valence-electron chi connectivity index (χ2n) is 5.46. The van der Waals surface area contributed by atoms with Crippen molar-refractivity contribution < 1.29 is 19.0 Å². The molecule has 1 N–H and O–H groups in total. The number of hydrogen-bond acceptors (Lipinski definition) is 3. The van der Waals surface area contributed by atoms with Crippen LogP contribution in [-0.4, -0.2) is 41.7 Å². The number of benzene rings is 1. The van der Waals surface area contributed by atoms with Gasteiger partial charge in [-0.25, -0.2) is 4.39 Å². The first kappa shape index (κ1) is 17.4. The summed E-state index contributed by atoms with van der Waals surface area (Å²) >= 11 is 0. The molecule has 1 amide bonds. The minimum Gasteiger partial charge on any atom is -0.494 e. The number of methoxy groups -OCH3 is 1. The summed E-state index contributed by atoms with van der Waals surface area (Å²) in [4.78, 5) is 13.8. The van der Waals surface area contributed by atoms with Crippen molar-refractivity contribution in [3.05, 3.63) is 29.6 Å². The zero-order valence-corrected chi connectivity index (χ0v) is 13.1. The Morgan fingerprint density at radius 1 is 1.38 bits per heavy atom. The van der Waals surface area contributed by atoms with Crippen LogP contribution >= 0.6 is 0 Å². The van der Waals surface area contributed by atoms with E-state index in [1.54, 1.807) is 24.0 Å². The number of ether oxygens (including phenoxy) is 1. The predicted molar refractivity (Wildman–Crippen MR) is 79.8 cm³/mol. The lowest BCUT2D eigenvalue weighted by molar-refractivity contribution is -0.134. The lowest BCUT2D eigenvalue weighted by atomic mass is 10.1. The van der Waals surface area contributed by atoms with Crippen LogP contribution in [-0.2, 0) is 11.2 Å². The predicted octanol–water partition coefficient (Wildman–Crippen LogP) is 2.38. The van der Waals surface area contributed by atoms with Crippen LogP contribution in [0.25, 0.3) is 0 Å². The van der Waals surface area contributed by atoms with Crippen LogP contribution < -0.4 is 4.74 Å². The highest BCUT2D eigenvalue weighted by atomic mass is 19.1. The van der Waals surface area contributed by atoms with Gasteiger partial charge in [-0.1, -0.05) is 6.07 Å². The molecule has 1 atom stereocenters. The fourth-order valence-corrected chi connectivity index (χ4v) is 2.15. The van der Waals surface area contributed by atoms with Crippen molar-refractivity contribution in [3.8, 4) is 5.75 Å². The van der Waals surface area contributed by atoms with E-state index in [9.17, 15) is 14.3 Å². The zero-order chi connectivity index (χ0) is 16.0. The van der Waals surface area contributed by atoms with Gasteiger partial charge in [0.25, 0.3) is 0 Å². The van der Waals surface area contributed by atoms with Crippen molar-refractivity contribution in [2.45, 2.75) is 45.8 Å². The lowest BCUT2D eigenvalue weighted by Gasteiger charge is -2.28. The highest BCUT2D eigenvalue weighted by Gasteiger charge is 2.18. The third-order valence-corrected chi connectivity index (χ3v) is 3.25. The van der Waals surface area contributed by atoms with Gasteiger partial charge in [0.05, 0.1) is 13.2 Å². The van der Waals surface area contributed by atoms with Gasteiger partial charge < -0.3 is 14.7 Å². The zero-order valence-electron chi connectivity index (χ0n) is 13.1. The highest BCUT2D eigenvalue weighted by molar-refractivity contribution is 5.76. The number of aliphatic hydroxyl groups excluding tert-OH is 1. The van der Waals surface area contributed by atoms with E-state index in [-0.39, 0.29) is 24.1 Å². The Hall–Kier alpha value is -1.62. The fraction of sp³-hybridized carbons (Fsp3) is 0.562. The molecule has 0 saturated heterocycles. The van der Waals surface area contributed by atoms with E-state index in [1.807, 2.05) is 13.8 Å². The van der Waals surface area contributed by atoms with Crippen LogP contribution in [0.4, 0.5) is 4.39 Å². The van der Waals surface area contributed by atoms with Crippen molar-refractivity contribution >= 4 is 5.91 Å². The summed E-state index contributed by atoms with van der Waals surface area (Å²) in [7, 11) is 1.41. The van der Waals surface area contributed by atoms with Gasteiger partial charge in [-0.3, -0.25) is 4.79 Å². The molecule has 0 aliphatic rings. The fourth-order valence-electron chi connectivity index (χ4n) is 2.15. The Morgan fingerprint density at radius 3 is 2.52 bits per heavy atom. The van der Waals surface area contributed by atoms with Gasteiger partial charge in [0.1, 0.15) is 0 Å².